The molecular formula is C28H50O3. The molecule has 0 amide bonds. The highest BCUT2D eigenvalue weighted by atomic mass is 16.5. The van der Waals surface area contributed by atoms with E-state index in [1.165, 1.54) is 96.3 Å². The van der Waals surface area contributed by atoms with E-state index in [4.69, 9.17) is 9.47 Å². The van der Waals surface area contributed by atoms with Crippen molar-refractivity contribution in [2.75, 3.05) is 13.2 Å². The van der Waals surface area contributed by atoms with E-state index < -0.39 is 0 Å². The highest BCUT2D eigenvalue weighted by molar-refractivity contribution is 5.38. The molecule has 180 valence electrons. The average Bonchev–Trinajstić information content (AvgIpc) is 2.79. The molecule has 1 aromatic rings. The molecule has 3 nitrogen and oxygen atoms in total. The number of unbranched alkanes of at least 4 members (excludes halogenated alkanes) is 15. The topological polar surface area (TPSA) is 38.7 Å². The van der Waals surface area contributed by atoms with Gasteiger partial charge in [-0.05, 0) is 30.5 Å². The van der Waals surface area contributed by atoms with Crippen LogP contribution in [0.15, 0.2) is 18.2 Å². The van der Waals surface area contributed by atoms with Gasteiger partial charge in [0.2, 0.25) is 0 Å². The van der Waals surface area contributed by atoms with Crippen LogP contribution in [0.25, 0.3) is 0 Å². The van der Waals surface area contributed by atoms with E-state index in [1.54, 1.807) is 0 Å². The van der Waals surface area contributed by atoms with Crippen LogP contribution in [0.5, 0.6) is 11.5 Å². The SMILES string of the molecule is CCCCCCCCCCCOc1cc(CO)cc(OCCCCCCCCCC)c1. The predicted molar refractivity (Wildman–Crippen MR) is 133 cm³/mol. The van der Waals surface area contributed by atoms with Crippen LogP contribution in [0.3, 0.4) is 0 Å². The molecule has 0 fully saturated rings. The van der Waals surface area contributed by atoms with Crippen molar-refractivity contribution in [1.29, 1.82) is 0 Å². The second kappa shape index (κ2) is 20.7. The van der Waals surface area contributed by atoms with Crippen LogP contribution < -0.4 is 9.47 Å². The zero-order valence-electron chi connectivity index (χ0n) is 20.6. The molecule has 0 unspecified atom stereocenters. The van der Waals surface area contributed by atoms with Gasteiger partial charge in [0.15, 0.2) is 0 Å². The van der Waals surface area contributed by atoms with E-state index in [0.29, 0.717) is 0 Å². The lowest BCUT2D eigenvalue weighted by Crippen LogP contribution is -2.01. The van der Waals surface area contributed by atoms with Crippen LogP contribution in [-0.2, 0) is 6.61 Å². The average molecular weight is 435 g/mol. The maximum atomic E-state index is 9.55. The Labute approximate surface area is 192 Å². The molecule has 1 N–H and O–H groups in total. The molecule has 1 rings (SSSR count). The molecule has 0 atom stereocenters. The Morgan fingerprint density at radius 1 is 0.516 bits per heavy atom. The smallest absolute Gasteiger partial charge is 0.123 e. The Hall–Kier alpha value is -1.22. The van der Waals surface area contributed by atoms with Gasteiger partial charge in [-0.1, -0.05) is 110 Å². The third-order valence-electron chi connectivity index (χ3n) is 5.91. The van der Waals surface area contributed by atoms with E-state index in [0.717, 1.165) is 43.1 Å². The maximum absolute atomic E-state index is 9.55. The van der Waals surface area contributed by atoms with Crippen LogP contribution in [0.1, 0.15) is 129 Å². The van der Waals surface area contributed by atoms with Crippen molar-refractivity contribution >= 4 is 0 Å². The van der Waals surface area contributed by atoms with Crippen molar-refractivity contribution in [3.05, 3.63) is 23.8 Å². The van der Waals surface area contributed by atoms with Gasteiger partial charge in [-0.3, -0.25) is 0 Å². The largest absolute Gasteiger partial charge is 0.493 e. The number of hydrogen-bond donors (Lipinski definition) is 1. The predicted octanol–water partition coefficient (Wildman–Crippen LogP) is 8.61. The molecular weight excluding hydrogens is 384 g/mol. The summed E-state index contributed by atoms with van der Waals surface area (Å²) in [6.07, 6.45) is 22.2. The van der Waals surface area contributed by atoms with Crippen LogP contribution in [0, 0.1) is 0 Å². The number of benzene rings is 1. The van der Waals surface area contributed by atoms with Gasteiger partial charge in [0.1, 0.15) is 11.5 Å². The first-order chi connectivity index (χ1) is 15.3. The van der Waals surface area contributed by atoms with Crippen molar-refractivity contribution in [2.45, 2.75) is 130 Å². The normalized spacial score (nSPS) is 11.1. The van der Waals surface area contributed by atoms with E-state index in [9.17, 15) is 5.11 Å². The van der Waals surface area contributed by atoms with Gasteiger partial charge in [-0.25, -0.2) is 0 Å². The lowest BCUT2D eigenvalue weighted by atomic mass is 10.1. The zero-order chi connectivity index (χ0) is 22.4. The fourth-order valence-corrected chi connectivity index (χ4v) is 3.92. The monoisotopic (exact) mass is 434 g/mol. The van der Waals surface area contributed by atoms with E-state index in [-0.39, 0.29) is 6.61 Å². The summed E-state index contributed by atoms with van der Waals surface area (Å²) in [5.74, 6) is 1.63. The van der Waals surface area contributed by atoms with Crippen molar-refractivity contribution < 1.29 is 14.6 Å². The van der Waals surface area contributed by atoms with Crippen molar-refractivity contribution in [2.24, 2.45) is 0 Å². The molecule has 31 heavy (non-hydrogen) atoms. The lowest BCUT2D eigenvalue weighted by Gasteiger charge is -2.12. The third-order valence-corrected chi connectivity index (χ3v) is 5.91. The summed E-state index contributed by atoms with van der Waals surface area (Å²) in [5, 5.41) is 9.55. The first-order valence-electron chi connectivity index (χ1n) is 13.3. The van der Waals surface area contributed by atoms with Gasteiger partial charge in [0.05, 0.1) is 19.8 Å². The van der Waals surface area contributed by atoms with Crippen molar-refractivity contribution in [3.8, 4) is 11.5 Å². The van der Waals surface area contributed by atoms with Gasteiger partial charge < -0.3 is 14.6 Å². The quantitative estimate of drug-likeness (QED) is 0.186. The minimum absolute atomic E-state index is 0.0172. The first kappa shape index (κ1) is 27.8. The number of rotatable bonds is 22. The Bertz CT molecular complexity index is 515. The molecule has 1 aromatic carbocycles. The molecule has 0 spiro atoms. The number of aliphatic hydroxyl groups is 1. The second-order valence-corrected chi connectivity index (χ2v) is 8.97. The molecule has 0 saturated carbocycles. The van der Waals surface area contributed by atoms with Gasteiger partial charge in [-0.15, -0.1) is 0 Å². The highest BCUT2D eigenvalue weighted by Crippen LogP contribution is 2.24. The van der Waals surface area contributed by atoms with Crippen LogP contribution in [0.4, 0.5) is 0 Å². The fraction of sp³-hybridized carbons (Fsp3) is 0.786. The van der Waals surface area contributed by atoms with Gasteiger partial charge in [0, 0.05) is 6.07 Å². The summed E-state index contributed by atoms with van der Waals surface area (Å²) in [4.78, 5) is 0. The van der Waals surface area contributed by atoms with Crippen LogP contribution >= 0.6 is 0 Å². The second-order valence-electron chi connectivity index (χ2n) is 8.97. The van der Waals surface area contributed by atoms with Crippen LogP contribution in [-0.4, -0.2) is 18.3 Å². The number of hydrogen-bond acceptors (Lipinski definition) is 3. The zero-order valence-corrected chi connectivity index (χ0v) is 20.6. The number of aliphatic hydroxyl groups excluding tert-OH is 1. The Morgan fingerprint density at radius 2 is 0.871 bits per heavy atom. The molecule has 0 aliphatic heterocycles. The van der Waals surface area contributed by atoms with Crippen molar-refractivity contribution in [3.63, 3.8) is 0 Å². The fourth-order valence-electron chi connectivity index (χ4n) is 3.92. The maximum Gasteiger partial charge on any atom is 0.123 e. The first-order valence-corrected chi connectivity index (χ1v) is 13.3. The van der Waals surface area contributed by atoms with E-state index >= 15 is 0 Å². The Balaban J connectivity index is 2.15. The summed E-state index contributed by atoms with van der Waals surface area (Å²) in [7, 11) is 0. The third kappa shape index (κ3) is 16.1. The summed E-state index contributed by atoms with van der Waals surface area (Å²) in [6.45, 7) is 6.02. The van der Waals surface area contributed by atoms with E-state index in [1.807, 2.05) is 18.2 Å². The van der Waals surface area contributed by atoms with Crippen LogP contribution in [0.2, 0.25) is 0 Å². The summed E-state index contributed by atoms with van der Waals surface area (Å²) in [5.41, 5.74) is 0.857. The molecule has 0 aliphatic rings. The standard InChI is InChI=1S/C28H50O3/c1-3-5-7-9-11-13-15-17-19-21-31-28-23-26(25-29)22-27(24-28)30-20-18-16-14-12-10-8-6-4-2/h22-24,29H,3-21,25H2,1-2H3. The minimum atomic E-state index is 0.0172. The van der Waals surface area contributed by atoms with E-state index in [2.05, 4.69) is 13.8 Å². The molecule has 0 heterocycles. The van der Waals surface area contributed by atoms with Gasteiger partial charge in [0.25, 0.3) is 0 Å². The van der Waals surface area contributed by atoms with Gasteiger partial charge >= 0.3 is 0 Å². The molecule has 0 aromatic heterocycles. The molecule has 0 aliphatic carbocycles. The summed E-state index contributed by atoms with van der Waals surface area (Å²) in [6, 6.07) is 5.82. The van der Waals surface area contributed by atoms with Crippen molar-refractivity contribution in [1.82, 2.24) is 0 Å². The molecule has 0 saturated heterocycles. The number of ether oxygens (including phenoxy) is 2. The Morgan fingerprint density at radius 3 is 1.23 bits per heavy atom. The highest BCUT2D eigenvalue weighted by Gasteiger charge is 2.04. The molecule has 3 heteroatoms. The Kier molecular flexibility index (Phi) is 18.5. The lowest BCUT2D eigenvalue weighted by molar-refractivity contribution is 0.271. The molecule has 0 bridgehead atoms. The summed E-state index contributed by atoms with van der Waals surface area (Å²) >= 11 is 0. The van der Waals surface area contributed by atoms with Gasteiger partial charge in [-0.2, -0.15) is 0 Å². The molecule has 0 radical (unpaired) electrons. The summed E-state index contributed by atoms with van der Waals surface area (Å²) < 4.78 is 11.9. The minimum Gasteiger partial charge on any atom is -0.493 e.